The van der Waals surface area contributed by atoms with Crippen molar-refractivity contribution >= 4 is 35.2 Å². The van der Waals surface area contributed by atoms with E-state index in [1.807, 2.05) is 31.2 Å². The molecule has 0 unspecified atom stereocenters. The number of esters is 1. The summed E-state index contributed by atoms with van der Waals surface area (Å²) in [6.45, 7) is 2.42. The number of fused-ring (bicyclic) bond motifs is 1. The summed E-state index contributed by atoms with van der Waals surface area (Å²) in [4.78, 5) is 40.1. The molecule has 2 aromatic carbocycles. The molecule has 0 saturated heterocycles. The van der Waals surface area contributed by atoms with Crippen LogP contribution in [0.4, 0.5) is 10.5 Å². The van der Waals surface area contributed by atoms with E-state index in [4.69, 9.17) is 16.3 Å². The molecular formula is C25H30ClN3O4. The molecule has 2 aromatic rings. The zero-order valence-corrected chi connectivity index (χ0v) is 19.7. The first-order valence-electron chi connectivity index (χ1n) is 11.2. The van der Waals surface area contributed by atoms with Gasteiger partial charge in [-0.2, -0.15) is 0 Å². The van der Waals surface area contributed by atoms with E-state index >= 15 is 0 Å². The van der Waals surface area contributed by atoms with Crippen molar-refractivity contribution in [2.24, 2.45) is 0 Å². The predicted molar refractivity (Wildman–Crippen MR) is 128 cm³/mol. The third-order valence-corrected chi connectivity index (χ3v) is 6.04. The molecule has 0 aromatic heterocycles. The van der Waals surface area contributed by atoms with Crippen molar-refractivity contribution < 1.29 is 19.1 Å². The van der Waals surface area contributed by atoms with Crippen LogP contribution in [0.5, 0.6) is 0 Å². The first-order chi connectivity index (χ1) is 15.9. The molecule has 33 heavy (non-hydrogen) atoms. The molecule has 0 radical (unpaired) electrons. The first kappa shape index (κ1) is 24.6. The zero-order chi connectivity index (χ0) is 23.8. The van der Waals surface area contributed by atoms with Crippen molar-refractivity contribution in [2.45, 2.75) is 57.7 Å². The van der Waals surface area contributed by atoms with Crippen molar-refractivity contribution in [3.8, 4) is 0 Å². The Morgan fingerprint density at radius 2 is 1.91 bits per heavy atom. The van der Waals surface area contributed by atoms with Crippen molar-refractivity contribution in [1.29, 1.82) is 0 Å². The van der Waals surface area contributed by atoms with Crippen LogP contribution in [0.25, 0.3) is 0 Å². The van der Waals surface area contributed by atoms with E-state index in [0.717, 1.165) is 24.0 Å². The number of amides is 3. The summed E-state index contributed by atoms with van der Waals surface area (Å²) in [6.07, 6.45) is 2.83. The number of carbonyl (C=O) groups is 3. The van der Waals surface area contributed by atoms with E-state index in [-0.39, 0.29) is 24.3 Å². The van der Waals surface area contributed by atoms with Crippen LogP contribution >= 0.6 is 11.6 Å². The van der Waals surface area contributed by atoms with E-state index in [2.05, 4.69) is 10.6 Å². The number of urea groups is 1. The largest absolute Gasteiger partial charge is 0.469 e. The van der Waals surface area contributed by atoms with Crippen LogP contribution in [0.15, 0.2) is 48.5 Å². The van der Waals surface area contributed by atoms with Gasteiger partial charge in [0.15, 0.2) is 0 Å². The van der Waals surface area contributed by atoms with Gasteiger partial charge in [-0.1, -0.05) is 61.7 Å². The van der Waals surface area contributed by atoms with Crippen molar-refractivity contribution in [3.63, 3.8) is 0 Å². The highest BCUT2D eigenvalue weighted by molar-refractivity contribution is 6.30. The summed E-state index contributed by atoms with van der Waals surface area (Å²) in [6, 6.07) is 13.2. The van der Waals surface area contributed by atoms with Gasteiger partial charge in [-0.3, -0.25) is 9.59 Å². The van der Waals surface area contributed by atoms with E-state index in [0.29, 0.717) is 30.1 Å². The Morgan fingerprint density at radius 1 is 1.15 bits per heavy atom. The minimum absolute atomic E-state index is 0.103. The lowest BCUT2D eigenvalue weighted by Gasteiger charge is -2.38. The molecule has 7 nitrogen and oxygen atoms in total. The second-order valence-electron chi connectivity index (χ2n) is 8.18. The fraction of sp³-hybridized carbons (Fsp3) is 0.400. The number of rotatable bonds is 8. The van der Waals surface area contributed by atoms with E-state index in [9.17, 15) is 14.4 Å². The molecule has 2 atom stereocenters. The second-order valence-corrected chi connectivity index (χ2v) is 8.61. The predicted octanol–water partition coefficient (Wildman–Crippen LogP) is 4.54. The zero-order valence-electron chi connectivity index (χ0n) is 19.0. The highest BCUT2D eigenvalue weighted by Crippen LogP contribution is 2.26. The van der Waals surface area contributed by atoms with Crippen LogP contribution in [0.3, 0.4) is 0 Å². The third kappa shape index (κ3) is 6.71. The number of nitrogens with one attached hydrogen (secondary N) is 2. The number of anilines is 1. The Kier molecular flexibility index (Phi) is 8.72. The Morgan fingerprint density at radius 3 is 2.61 bits per heavy atom. The number of carbonyl (C=O) groups excluding carboxylic acids is 3. The maximum absolute atomic E-state index is 13.6. The number of methoxy groups -OCH3 is 1. The second kappa shape index (κ2) is 11.7. The average molecular weight is 472 g/mol. The van der Waals surface area contributed by atoms with Gasteiger partial charge >= 0.3 is 12.0 Å². The standard InChI is InChI=1S/C25H30ClN3O4/c1-3-4-12-22(28-25(32)27-20-11-7-10-19(26)14-20)24(31)29-16-18-9-6-5-8-17(18)13-21(29)15-23(30)33-2/h5-11,14,21-22H,3-4,12-13,15-16H2,1-2H3,(H2,27,28,32)/t21-,22+/m1/s1. The van der Waals surface area contributed by atoms with Crippen LogP contribution in [0.1, 0.15) is 43.7 Å². The van der Waals surface area contributed by atoms with Crippen molar-refractivity contribution in [2.75, 3.05) is 12.4 Å². The van der Waals surface area contributed by atoms with Crippen molar-refractivity contribution in [3.05, 3.63) is 64.7 Å². The molecule has 2 N–H and O–H groups in total. The summed E-state index contributed by atoms with van der Waals surface area (Å²) < 4.78 is 4.87. The molecule has 1 aliphatic heterocycles. The maximum atomic E-state index is 13.6. The summed E-state index contributed by atoms with van der Waals surface area (Å²) >= 11 is 6.00. The average Bonchev–Trinajstić information content (AvgIpc) is 2.80. The Bertz CT molecular complexity index is 997. The summed E-state index contributed by atoms with van der Waals surface area (Å²) in [7, 11) is 1.34. The minimum Gasteiger partial charge on any atom is -0.469 e. The van der Waals surface area contributed by atoms with Crippen LogP contribution in [0, 0.1) is 0 Å². The minimum atomic E-state index is -0.713. The van der Waals surface area contributed by atoms with Gasteiger partial charge in [-0.25, -0.2) is 4.79 Å². The highest BCUT2D eigenvalue weighted by atomic mass is 35.5. The quantitative estimate of drug-likeness (QED) is 0.553. The molecule has 0 aliphatic carbocycles. The molecule has 0 fully saturated rings. The Balaban J connectivity index is 1.79. The van der Waals surface area contributed by atoms with Crippen LogP contribution < -0.4 is 10.6 Å². The van der Waals surface area contributed by atoms with Gasteiger partial charge in [0.2, 0.25) is 5.91 Å². The summed E-state index contributed by atoms with van der Waals surface area (Å²) in [5.74, 6) is -0.568. The number of benzene rings is 2. The van der Waals surface area contributed by atoms with Gasteiger partial charge in [0.1, 0.15) is 6.04 Å². The highest BCUT2D eigenvalue weighted by Gasteiger charge is 2.35. The first-order valence-corrected chi connectivity index (χ1v) is 11.6. The molecule has 8 heteroatoms. The number of hydrogen-bond acceptors (Lipinski definition) is 4. The SMILES string of the molecule is CCCC[C@H](NC(=O)Nc1cccc(Cl)c1)C(=O)N1Cc2ccccc2C[C@@H]1CC(=O)OC. The van der Waals surface area contributed by atoms with Gasteiger partial charge in [-0.05, 0) is 42.2 Å². The molecule has 3 amide bonds. The van der Waals surface area contributed by atoms with E-state index in [1.54, 1.807) is 29.2 Å². The number of ether oxygens (including phenoxy) is 1. The Labute approximate surface area is 199 Å². The van der Waals surface area contributed by atoms with Crippen LogP contribution in [0.2, 0.25) is 5.02 Å². The number of hydrogen-bond donors (Lipinski definition) is 2. The number of nitrogens with zero attached hydrogens (tertiary/aromatic N) is 1. The fourth-order valence-electron chi connectivity index (χ4n) is 4.06. The fourth-order valence-corrected chi connectivity index (χ4v) is 4.25. The van der Waals surface area contributed by atoms with E-state index < -0.39 is 12.1 Å². The molecular weight excluding hydrogens is 442 g/mol. The smallest absolute Gasteiger partial charge is 0.319 e. The van der Waals surface area contributed by atoms with Crippen LogP contribution in [-0.4, -0.2) is 42.0 Å². The summed E-state index contributed by atoms with van der Waals surface area (Å²) in [5, 5.41) is 6.07. The monoisotopic (exact) mass is 471 g/mol. The van der Waals surface area contributed by atoms with Crippen LogP contribution in [-0.2, 0) is 27.3 Å². The van der Waals surface area contributed by atoms with Gasteiger partial charge in [0.25, 0.3) is 0 Å². The topological polar surface area (TPSA) is 87.7 Å². The summed E-state index contributed by atoms with van der Waals surface area (Å²) in [5.41, 5.74) is 2.70. The Hall–Kier alpha value is -3.06. The molecule has 1 heterocycles. The lowest BCUT2D eigenvalue weighted by Crippen LogP contribution is -2.54. The molecule has 0 spiro atoms. The lowest BCUT2D eigenvalue weighted by atomic mass is 9.91. The third-order valence-electron chi connectivity index (χ3n) is 5.80. The molecule has 0 bridgehead atoms. The molecule has 0 saturated carbocycles. The number of unbranched alkanes of at least 4 members (excludes halogenated alkanes) is 1. The normalized spacial score (nSPS) is 15.8. The van der Waals surface area contributed by atoms with Gasteiger partial charge in [-0.15, -0.1) is 0 Å². The van der Waals surface area contributed by atoms with Gasteiger partial charge in [0, 0.05) is 23.3 Å². The maximum Gasteiger partial charge on any atom is 0.319 e. The van der Waals surface area contributed by atoms with E-state index in [1.165, 1.54) is 7.11 Å². The molecule has 3 rings (SSSR count). The number of halogens is 1. The van der Waals surface area contributed by atoms with Crippen molar-refractivity contribution in [1.82, 2.24) is 10.2 Å². The molecule has 1 aliphatic rings. The lowest BCUT2D eigenvalue weighted by molar-refractivity contribution is -0.145. The van der Waals surface area contributed by atoms with Gasteiger partial charge in [0.05, 0.1) is 13.5 Å². The molecule has 176 valence electrons. The van der Waals surface area contributed by atoms with Gasteiger partial charge < -0.3 is 20.3 Å².